The highest BCUT2D eigenvalue weighted by molar-refractivity contribution is 5.83. The van der Waals surface area contributed by atoms with E-state index in [-0.39, 0.29) is 23.7 Å². The molecule has 0 aromatic carbocycles. The molecule has 0 aromatic rings. The van der Waals surface area contributed by atoms with Gasteiger partial charge in [0.05, 0.1) is 12.0 Å². The molecule has 1 amide bonds. The molecule has 1 heterocycles. The summed E-state index contributed by atoms with van der Waals surface area (Å²) >= 11 is 0. The molecule has 5 heteroatoms. The van der Waals surface area contributed by atoms with Gasteiger partial charge in [-0.1, -0.05) is 13.8 Å². The van der Waals surface area contributed by atoms with E-state index in [4.69, 9.17) is 5.11 Å². The zero-order valence-electron chi connectivity index (χ0n) is 11.1. The first-order valence-corrected chi connectivity index (χ1v) is 6.59. The normalized spacial score (nSPS) is 28.4. The van der Waals surface area contributed by atoms with E-state index >= 15 is 0 Å². The average Bonchev–Trinajstić information content (AvgIpc) is 2.88. The quantitative estimate of drug-likeness (QED) is 0.691. The number of carbonyl (C=O) groups is 2. The van der Waals surface area contributed by atoms with Crippen LogP contribution in [0.15, 0.2) is 0 Å². The van der Waals surface area contributed by atoms with E-state index in [0.29, 0.717) is 12.8 Å². The first kappa shape index (κ1) is 13.3. The third-order valence-corrected chi connectivity index (χ3v) is 4.27. The van der Waals surface area contributed by atoms with Gasteiger partial charge in [0, 0.05) is 5.92 Å². The van der Waals surface area contributed by atoms with Gasteiger partial charge in [-0.15, -0.1) is 0 Å². The van der Waals surface area contributed by atoms with Crippen molar-refractivity contribution in [3.63, 3.8) is 0 Å². The van der Waals surface area contributed by atoms with Crippen LogP contribution in [0.5, 0.6) is 0 Å². The number of carbonyl (C=O) groups excluding carboxylic acids is 1. The lowest BCUT2D eigenvalue weighted by atomic mass is 9.84. The zero-order chi connectivity index (χ0) is 13.4. The monoisotopic (exact) mass is 254 g/mol. The molecule has 1 unspecified atom stereocenters. The van der Waals surface area contributed by atoms with E-state index in [9.17, 15) is 9.59 Å². The summed E-state index contributed by atoms with van der Waals surface area (Å²) in [4.78, 5) is 23.1. The summed E-state index contributed by atoms with van der Waals surface area (Å²) in [6, 6.07) is 0. The van der Waals surface area contributed by atoms with Gasteiger partial charge in [0.1, 0.15) is 0 Å². The Labute approximate surface area is 107 Å². The van der Waals surface area contributed by atoms with Gasteiger partial charge in [0.2, 0.25) is 5.91 Å². The molecule has 5 nitrogen and oxygen atoms in total. The van der Waals surface area contributed by atoms with Crippen molar-refractivity contribution < 1.29 is 14.7 Å². The van der Waals surface area contributed by atoms with Crippen LogP contribution < -0.4 is 10.6 Å². The van der Waals surface area contributed by atoms with Crippen LogP contribution in [0.3, 0.4) is 0 Å². The molecule has 1 saturated carbocycles. The highest BCUT2D eigenvalue weighted by Crippen LogP contribution is 2.51. The van der Waals surface area contributed by atoms with Crippen molar-refractivity contribution in [3.05, 3.63) is 0 Å². The smallest absolute Gasteiger partial charge is 0.305 e. The number of carboxylic acids is 1. The van der Waals surface area contributed by atoms with E-state index in [2.05, 4.69) is 24.5 Å². The fraction of sp³-hybridized carbons (Fsp3) is 0.846. The molecule has 0 radical (unpaired) electrons. The molecule has 0 aromatic heterocycles. The van der Waals surface area contributed by atoms with Gasteiger partial charge in [0.25, 0.3) is 0 Å². The molecule has 2 fully saturated rings. The van der Waals surface area contributed by atoms with Gasteiger partial charge >= 0.3 is 5.97 Å². The molecule has 2 rings (SSSR count). The number of nitrogens with one attached hydrogen (secondary N) is 2. The third-order valence-electron chi connectivity index (χ3n) is 4.27. The summed E-state index contributed by atoms with van der Waals surface area (Å²) in [5.74, 6) is -0.756. The van der Waals surface area contributed by atoms with E-state index in [1.165, 1.54) is 0 Å². The number of carboxylic acid groups (broad SMARTS) is 1. The molecule has 102 valence electrons. The second-order valence-electron chi connectivity index (χ2n) is 6.34. The largest absolute Gasteiger partial charge is 0.481 e. The Hall–Kier alpha value is -1.10. The van der Waals surface area contributed by atoms with E-state index in [1.54, 1.807) is 0 Å². The molecule has 3 N–H and O–H groups in total. The fourth-order valence-electron chi connectivity index (χ4n) is 2.80. The maximum absolute atomic E-state index is 12.2. The molecule has 1 aliphatic heterocycles. The Kier molecular flexibility index (Phi) is 3.36. The summed E-state index contributed by atoms with van der Waals surface area (Å²) in [5.41, 5.74) is -0.464. The minimum absolute atomic E-state index is 0.0214. The number of amides is 1. The predicted molar refractivity (Wildman–Crippen MR) is 67.1 cm³/mol. The highest BCUT2D eigenvalue weighted by Gasteiger charge is 2.52. The molecule has 1 saturated heterocycles. The Morgan fingerprint density at radius 2 is 1.89 bits per heavy atom. The second-order valence-corrected chi connectivity index (χ2v) is 6.34. The van der Waals surface area contributed by atoms with Crippen molar-refractivity contribution >= 4 is 11.9 Å². The van der Waals surface area contributed by atoms with Crippen LogP contribution in [-0.2, 0) is 9.59 Å². The lowest BCUT2D eigenvalue weighted by molar-refractivity contribution is -0.139. The van der Waals surface area contributed by atoms with Crippen LogP contribution in [0, 0.1) is 11.3 Å². The first-order valence-electron chi connectivity index (χ1n) is 6.59. The van der Waals surface area contributed by atoms with E-state index in [0.717, 1.165) is 19.5 Å². The van der Waals surface area contributed by atoms with Gasteiger partial charge in [-0.3, -0.25) is 9.59 Å². The predicted octanol–water partition coefficient (Wildman–Crippen LogP) is 0.746. The minimum atomic E-state index is -0.841. The van der Waals surface area contributed by atoms with Gasteiger partial charge in [0.15, 0.2) is 0 Å². The molecule has 0 bridgehead atoms. The van der Waals surface area contributed by atoms with Crippen LogP contribution in [0.25, 0.3) is 0 Å². The Balaban J connectivity index is 2.01. The van der Waals surface area contributed by atoms with Gasteiger partial charge in [-0.05, 0) is 37.8 Å². The van der Waals surface area contributed by atoms with Crippen molar-refractivity contribution in [2.45, 2.75) is 45.1 Å². The Morgan fingerprint density at radius 1 is 1.33 bits per heavy atom. The number of rotatable bonds is 4. The molecule has 1 atom stereocenters. The topological polar surface area (TPSA) is 78.4 Å². The summed E-state index contributed by atoms with van der Waals surface area (Å²) in [5, 5.41) is 15.3. The van der Waals surface area contributed by atoms with Crippen LogP contribution in [-0.4, -0.2) is 35.6 Å². The van der Waals surface area contributed by atoms with Gasteiger partial charge in [-0.2, -0.15) is 0 Å². The number of piperidine rings is 1. The van der Waals surface area contributed by atoms with Crippen LogP contribution in [0.2, 0.25) is 0 Å². The number of aliphatic carboxylic acids is 1. The summed E-state index contributed by atoms with van der Waals surface area (Å²) < 4.78 is 0. The van der Waals surface area contributed by atoms with Crippen molar-refractivity contribution in [2.75, 3.05) is 13.1 Å². The molecular formula is C13H22N2O3. The first-order chi connectivity index (χ1) is 8.35. The summed E-state index contributed by atoms with van der Waals surface area (Å²) in [6.45, 7) is 5.68. The molecule has 0 spiro atoms. The molecule has 18 heavy (non-hydrogen) atoms. The van der Waals surface area contributed by atoms with Crippen molar-refractivity contribution in [1.29, 1.82) is 0 Å². The molecule has 1 aliphatic carbocycles. The lowest BCUT2D eigenvalue weighted by Gasteiger charge is -2.37. The van der Waals surface area contributed by atoms with Gasteiger partial charge < -0.3 is 15.7 Å². The van der Waals surface area contributed by atoms with E-state index in [1.807, 2.05) is 0 Å². The summed E-state index contributed by atoms with van der Waals surface area (Å²) in [7, 11) is 0. The lowest BCUT2D eigenvalue weighted by Crippen LogP contribution is -2.56. The second kappa shape index (κ2) is 4.53. The summed E-state index contributed by atoms with van der Waals surface area (Å²) in [6.07, 6.45) is 2.31. The fourth-order valence-corrected chi connectivity index (χ4v) is 2.80. The Bertz CT molecular complexity index is 359. The Morgan fingerprint density at radius 3 is 2.33 bits per heavy atom. The van der Waals surface area contributed by atoms with Crippen LogP contribution in [0.4, 0.5) is 0 Å². The number of hydrogen-bond acceptors (Lipinski definition) is 3. The van der Waals surface area contributed by atoms with E-state index < -0.39 is 11.5 Å². The number of hydrogen-bond donors (Lipinski definition) is 3. The van der Waals surface area contributed by atoms with Gasteiger partial charge in [-0.25, -0.2) is 0 Å². The SMILES string of the molecule is CC1(C)CC1C(=O)NC1(CC(=O)O)CCNCC1. The molecular weight excluding hydrogens is 232 g/mol. The standard InChI is InChI=1S/C13H22N2O3/c1-12(2)7-9(12)11(18)15-13(8-10(16)17)3-5-14-6-4-13/h9,14H,3-8H2,1-2H3,(H,15,18)(H,16,17). The molecule has 2 aliphatic rings. The average molecular weight is 254 g/mol. The maximum Gasteiger partial charge on any atom is 0.305 e. The highest BCUT2D eigenvalue weighted by atomic mass is 16.4. The van der Waals surface area contributed by atoms with Crippen molar-refractivity contribution in [2.24, 2.45) is 11.3 Å². The minimum Gasteiger partial charge on any atom is -0.481 e. The third kappa shape index (κ3) is 2.83. The van der Waals surface area contributed by atoms with Crippen molar-refractivity contribution in [3.8, 4) is 0 Å². The zero-order valence-corrected chi connectivity index (χ0v) is 11.1. The van der Waals surface area contributed by atoms with Crippen molar-refractivity contribution in [1.82, 2.24) is 10.6 Å². The van der Waals surface area contributed by atoms with Crippen LogP contribution in [0.1, 0.15) is 39.5 Å². The maximum atomic E-state index is 12.2. The van der Waals surface area contributed by atoms with Crippen LogP contribution >= 0.6 is 0 Å².